The van der Waals surface area contributed by atoms with Crippen LogP contribution in [0.5, 0.6) is 0 Å². The molecule has 2 nitrogen and oxygen atoms in total. The van der Waals surface area contributed by atoms with Crippen LogP contribution in [0, 0.1) is 11.8 Å². The lowest BCUT2D eigenvalue weighted by Crippen LogP contribution is -2.22. The largest absolute Gasteiger partial charge is 0.385 e. The van der Waals surface area contributed by atoms with E-state index in [9.17, 15) is 0 Å². The van der Waals surface area contributed by atoms with Gasteiger partial charge in [0.25, 0.3) is 0 Å². The lowest BCUT2D eigenvalue weighted by Gasteiger charge is -2.18. The third-order valence-electron chi connectivity index (χ3n) is 2.27. The van der Waals surface area contributed by atoms with Crippen molar-refractivity contribution in [2.24, 2.45) is 11.8 Å². The van der Waals surface area contributed by atoms with Gasteiger partial charge in [-0.3, -0.25) is 0 Å². The van der Waals surface area contributed by atoms with Crippen molar-refractivity contribution in [2.45, 2.75) is 20.3 Å². The van der Waals surface area contributed by atoms with E-state index < -0.39 is 0 Å². The van der Waals surface area contributed by atoms with Crippen LogP contribution in [0.3, 0.4) is 0 Å². The highest BCUT2D eigenvalue weighted by Gasteiger charge is 2.09. The fourth-order valence-electron chi connectivity index (χ4n) is 1.11. The molecule has 0 fully saturated rings. The quantitative estimate of drug-likeness (QED) is 0.634. The van der Waals surface area contributed by atoms with Crippen LogP contribution < -0.4 is 5.32 Å². The number of hydrogen-bond donors (Lipinski definition) is 1. The van der Waals surface area contributed by atoms with Crippen LogP contribution in [0.2, 0.25) is 0 Å². The minimum Gasteiger partial charge on any atom is -0.385 e. The highest BCUT2D eigenvalue weighted by atomic mass is 16.5. The predicted octanol–water partition coefficient (Wildman–Crippen LogP) is 1.51. The molecule has 0 aliphatic carbocycles. The number of hydrogen-bond acceptors (Lipinski definition) is 2. The van der Waals surface area contributed by atoms with Crippen LogP contribution in [0.25, 0.3) is 0 Å². The van der Waals surface area contributed by atoms with Crippen molar-refractivity contribution in [2.75, 3.05) is 27.3 Å². The number of methoxy groups -OCH3 is 1. The van der Waals surface area contributed by atoms with Gasteiger partial charge in [0.15, 0.2) is 0 Å². The first-order valence-corrected chi connectivity index (χ1v) is 4.36. The molecule has 0 saturated carbocycles. The van der Waals surface area contributed by atoms with E-state index in [1.165, 1.54) is 6.42 Å². The van der Waals surface area contributed by atoms with Gasteiger partial charge in [0, 0.05) is 13.7 Å². The molecule has 0 radical (unpaired) electrons. The molecule has 0 aliphatic heterocycles. The van der Waals surface area contributed by atoms with Gasteiger partial charge < -0.3 is 10.1 Å². The maximum absolute atomic E-state index is 5.02. The number of nitrogens with one attached hydrogen (secondary N) is 1. The van der Waals surface area contributed by atoms with E-state index in [0.29, 0.717) is 0 Å². The molecule has 0 spiro atoms. The summed E-state index contributed by atoms with van der Waals surface area (Å²) < 4.78 is 5.02. The Bertz CT molecular complexity index is 85.6. The van der Waals surface area contributed by atoms with E-state index >= 15 is 0 Å². The molecule has 0 aromatic heterocycles. The second-order valence-electron chi connectivity index (χ2n) is 3.29. The van der Waals surface area contributed by atoms with E-state index in [0.717, 1.165) is 25.0 Å². The topological polar surface area (TPSA) is 21.3 Å². The van der Waals surface area contributed by atoms with Crippen LogP contribution in [0.1, 0.15) is 20.3 Å². The minimum absolute atomic E-state index is 0.746. The summed E-state index contributed by atoms with van der Waals surface area (Å²) in [7, 11) is 3.76. The van der Waals surface area contributed by atoms with Gasteiger partial charge >= 0.3 is 0 Å². The van der Waals surface area contributed by atoms with Gasteiger partial charge in [-0.2, -0.15) is 0 Å². The summed E-state index contributed by atoms with van der Waals surface area (Å²) >= 11 is 0. The Morgan fingerprint density at radius 1 is 1.27 bits per heavy atom. The van der Waals surface area contributed by atoms with Gasteiger partial charge in [0.1, 0.15) is 0 Å². The molecule has 0 heterocycles. The average Bonchev–Trinajstić information content (AvgIpc) is 2.00. The highest BCUT2D eigenvalue weighted by Crippen LogP contribution is 2.13. The monoisotopic (exact) mass is 159 g/mol. The second-order valence-corrected chi connectivity index (χ2v) is 3.29. The van der Waals surface area contributed by atoms with Crippen molar-refractivity contribution >= 4 is 0 Å². The normalized spacial score (nSPS) is 16.4. The van der Waals surface area contributed by atoms with Crippen molar-refractivity contribution in [3.05, 3.63) is 0 Å². The first-order valence-electron chi connectivity index (χ1n) is 4.36. The van der Waals surface area contributed by atoms with Gasteiger partial charge in [0.05, 0.1) is 0 Å². The van der Waals surface area contributed by atoms with Crippen LogP contribution in [-0.4, -0.2) is 27.3 Å². The summed E-state index contributed by atoms with van der Waals surface area (Å²) in [4.78, 5) is 0. The predicted molar refractivity (Wildman–Crippen MR) is 48.7 cm³/mol. The summed E-state index contributed by atoms with van der Waals surface area (Å²) in [5, 5.41) is 3.18. The van der Waals surface area contributed by atoms with Crippen molar-refractivity contribution in [3.63, 3.8) is 0 Å². The summed E-state index contributed by atoms with van der Waals surface area (Å²) in [6.07, 6.45) is 1.17. The summed E-state index contributed by atoms with van der Waals surface area (Å²) in [6, 6.07) is 0. The van der Waals surface area contributed by atoms with Crippen LogP contribution in [0.15, 0.2) is 0 Å². The zero-order valence-corrected chi connectivity index (χ0v) is 8.18. The van der Waals surface area contributed by atoms with Crippen LogP contribution >= 0.6 is 0 Å². The molecule has 0 bridgehead atoms. The molecule has 0 aromatic carbocycles. The standard InChI is InChI=1S/C9H21NO/c1-8(5-6-11-4)9(2)7-10-3/h8-10H,5-7H2,1-4H3. The zero-order valence-electron chi connectivity index (χ0n) is 8.18. The molecule has 2 unspecified atom stereocenters. The molecular weight excluding hydrogens is 138 g/mol. The number of rotatable bonds is 6. The second kappa shape index (κ2) is 6.62. The Morgan fingerprint density at radius 2 is 1.91 bits per heavy atom. The summed E-state index contributed by atoms with van der Waals surface area (Å²) in [6.45, 7) is 6.54. The Kier molecular flexibility index (Phi) is 6.57. The van der Waals surface area contributed by atoms with Crippen molar-refractivity contribution in [1.29, 1.82) is 0 Å². The maximum atomic E-state index is 5.02. The van der Waals surface area contributed by atoms with Crippen molar-refractivity contribution in [3.8, 4) is 0 Å². The van der Waals surface area contributed by atoms with Gasteiger partial charge in [0.2, 0.25) is 0 Å². The molecule has 11 heavy (non-hydrogen) atoms. The Balaban J connectivity index is 3.38. The van der Waals surface area contributed by atoms with E-state index in [2.05, 4.69) is 19.2 Å². The molecular formula is C9H21NO. The molecule has 0 aliphatic rings. The van der Waals surface area contributed by atoms with Crippen molar-refractivity contribution < 1.29 is 4.74 Å². The van der Waals surface area contributed by atoms with E-state index in [-0.39, 0.29) is 0 Å². The third kappa shape index (κ3) is 5.22. The summed E-state index contributed by atoms with van der Waals surface area (Å²) in [5.74, 6) is 1.50. The lowest BCUT2D eigenvalue weighted by atomic mass is 9.93. The third-order valence-corrected chi connectivity index (χ3v) is 2.27. The number of ether oxygens (including phenoxy) is 1. The SMILES string of the molecule is CNCC(C)C(C)CCOC. The maximum Gasteiger partial charge on any atom is 0.0464 e. The Hall–Kier alpha value is -0.0800. The minimum atomic E-state index is 0.746. The molecule has 68 valence electrons. The van der Waals surface area contributed by atoms with E-state index in [1.54, 1.807) is 7.11 Å². The molecule has 0 saturated heterocycles. The molecule has 0 amide bonds. The molecule has 0 aromatic rings. The Labute approximate surface area is 70.3 Å². The first-order chi connectivity index (χ1) is 5.22. The summed E-state index contributed by atoms with van der Waals surface area (Å²) in [5.41, 5.74) is 0. The zero-order chi connectivity index (χ0) is 8.69. The smallest absolute Gasteiger partial charge is 0.0464 e. The van der Waals surface area contributed by atoms with Gasteiger partial charge in [-0.25, -0.2) is 0 Å². The van der Waals surface area contributed by atoms with Gasteiger partial charge in [-0.05, 0) is 31.8 Å². The average molecular weight is 159 g/mol. The van der Waals surface area contributed by atoms with Crippen LogP contribution in [-0.2, 0) is 4.74 Å². The Morgan fingerprint density at radius 3 is 2.36 bits per heavy atom. The van der Waals surface area contributed by atoms with E-state index in [4.69, 9.17) is 4.74 Å². The molecule has 0 rings (SSSR count). The molecule has 1 N–H and O–H groups in total. The van der Waals surface area contributed by atoms with Gasteiger partial charge in [-0.15, -0.1) is 0 Å². The first kappa shape index (κ1) is 10.9. The van der Waals surface area contributed by atoms with Crippen molar-refractivity contribution in [1.82, 2.24) is 5.32 Å². The lowest BCUT2D eigenvalue weighted by molar-refractivity contribution is 0.167. The van der Waals surface area contributed by atoms with Gasteiger partial charge in [-0.1, -0.05) is 13.8 Å². The fourth-order valence-corrected chi connectivity index (χ4v) is 1.11. The molecule has 2 heteroatoms. The fraction of sp³-hybridized carbons (Fsp3) is 1.00. The van der Waals surface area contributed by atoms with Crippen LogP contribution in [0.4, 0.5) is 0 Å². The van der Waals surface area contributed by atoms with E-state index in [1.807, 2.05) is 7.05 Å². The molecule has 2 atom stereocenters. The highest BCUT2D eigenvalue weighted by molar-refractivity contribution is 4.62.